The number of hydrogen-bond donors (Lipinski definition) is 0. The molecule has 17 heavy (non-hydrogen) atoms. The third-order valence-electron chi connectivity index (χ3n) is 3.68. The third kappa shape index (κ3) is 1.78. The van der Waals surface area contributed by atoms with Gasteiger partial charge in [-0.25, -0.2) is 12.8 Å². The maximum Gasteiger partial charge on any atom is 0.180 e. The van der Waals surface area contributed by atoms with Crippen LogP contribution in [0.1, 0.15) is 30.7 Å². The van der Waals surface area contributed by atoms with Crippen LogP contribution in [0.25, 0.3) is 0 Å². The molecule has 1 atom stereocenters. The zero-order valence-electron chi connectivity index (χ0n) is 9.12. The molecule has 0 spiro atoms. The second-order valence-electron chi connectivity index (χ2n) is 4.83. The van der Waals surface area contributed by atoms with Crippen molar-refractivity contribution in [2.24, 2.45) is 5.92 Å². The summed E-state index contributed by atoms with van der Waals surface area (Å²) in [4.78, 5) is 0.0438. The molecular weight excluding hydrogens is 263 g/mol. The summed E-state index contributed by atoms with van der Waals surface area (Å²) < 4.78 is 37.4. The Balaban J connectivity index is 2.24. The van der Waals surface area contributed by atoms with Crippen LogP contribution < -0.4 is 0 Å². The molecule has 1 aliphatic carbocycles. The van der Waals surface area contributed by atoms with E-state index in [2.05, 4.69) is 0 Å². The van der Waals surface area contributed by atoms with Crippen molar-refractivity contribution >= 4 is 21.4 Å². The lowest BCUT2D eigenvalue weighted by Gasteiger charge is -2.26. The molecule has 2 aliphatic rings. The zero-order valence-corrected chi connectivity index (χ0v) is 10.7. The maximum absolute atomic E-state index is 13.4. The van der Waals surface area contributed by atoms with E-state index in [1.165, 1.54) is 6.07 Å². The van der Waals surface area contributed by atoms with Crippen molar-refractivity contribution in [1.29, 1.82) is 0 Å². The van der Waals surface area contributed by atoms with Crippen LogP contribution in [-0.2, 0) is 9.84 Å². The maximum atomic E-state index is 13.4. The molecule has 1 aliphatic heterocycles. The summed E-state index contributed by atoms with van der Waals surface area (Å²) in [5, 5.41) is -0.229. The molecule has 0 radical (unpaired) electrons. The molecule has 0 amide bonds. The fourth-order valence-corrected chi connectivity index (χ4v) is 4.93. The zero-order chi connectivity index (χ0) is 12.2. The van der Waals surface area contributed by atoms with E-state index in [1.54, 1.807) is 6.07 Å². The minimum Gasteiger partial charge on any atom is -0.224 e. The lowest BCUT2D eigenvalue weighted by molar-refractivity contribution is 0.529. The van der Waals surface area contributed by atoms with Gasteiger partial charge >= 0.3 is 0 Å². The first-order valence-electron chi connectivity index (χ1n) is 5.71. The third-order valence-corrected chi connectivity index (χ3v) is 6.00. The molecule has 2 nitrogen and oxygen atoms in total. The predicted octanol–water partition coefficient (Wildman–Crippen LogP) is 3.15. The summed E-state index contributed by atoms with van der Waals surface area (Å²) in [6.07, 6.45) is 2.92. The fraction of sp³-hybridized carbons (Fsp3) is 0.500. The molecule has 92 valence electrons. The molecule has 0 saturated heterocycles. The van der Waals surface area contributed by atoms with Crippen molar-refractivity contribution in [3.05, 3.63) is 28.5 Å². The standard InChI is InChI=1S/C12H12ClFO2S/c13-11-10(14)4-3-9-8(7-1-2-7)5-6-17(15,16)12(9)11/h3-4,7-8H,1-2,5-6H2. The summed E-state index contributed by atoms with van der Waals surface area (Å²) in [5.41, 5.74) is 0.727. The molecule has 1 fully saturated rings. The van der Waals surface area contributed by atoms with Crippen LogP contribution in [0.2, 0.25) is 5.02 Å². The molecule has 3 rings (SSSR count). The van der Waals surface area contributed by atoms with Crippen molar-refractivity contribution in [3.8, 4) is 0 Å². The van der Waals surface area contributed by atoms with E-state index in [0.29, 0.717) is 12.3 Å². The van der Waals surface area contributed by atoms with E-state index in [4.69, 9.17) is 11.6 Å². The highest BCUT2D eigenvalue weighted by Gasteiger charge is 2.40. The van der Waals surface area contributed by atoms with Crippen LogP contribution in [0.4, 0.5) is 4.39 Å². The van der Waals surface area contributed by atoms with E-state index in [0.717, 1.165) is 18.4 Å². The summed E-state index contributed by atoms with van der Waals surface area (Å²) in [6, 6.07) is 2.87. The van der Waals surface area contributed by atoms with Gasteiger partial charge in [-0.3, -0.25) is 0 Å². The van der Waals surface area contributed by atoms with Gasteiger partial charge in [0.2, 0.25) is 0 Å². The van der Waals surface area contributed by atoms with Crippen LogP contribution in [0.5, 0.6) is 0 Å². The number of rotatable bonds is 1. The monoisotopic (exact) mass is 274 g/mol. The Labute approximate surface area is 105 Å². The van der Waals surface area contributed by atoms with E-state index in [1.807, 2.05) is 0 Å². The Morgan fingerprint density at radius 2 is 1.94 bits per heavy atom. The minimum absolute atomic E-state index is 0.0438. The molecule has 1 saturated carbocycles. The molecule has 0 bridgehead atoms. The van der Waals surface area contributed by atoms with Crippen LogP contribution in [0, 0.1) is 11.7 Å². The molecular formula is C12H12ClFO2S. The normalized spacial score (nSPS) is 26.6. The average molecular weight is 275 g/mol. The Kier molecular flexibility index (Phi) is 2.49. The molecule has 0 aromatic heterocycles. The Morgan fingerprint density at radius 1 is 1.24 bits per heavy atom. The minimum atomic E-state index is -3.41. The number of benzene rings is 1. The molecule has 1 aromatic carbocycles. The van der Waals surface area contributed by atoms with Crippen LogP contribution in [-0.4, -0.2) is 14.2 Å². The highest BCUT2D eigenvalue weighted by atomic mass is 35.5. The van der Waals surface area contributed by atoms with Gasteiger partial charge in [-0.2, -0.15) is 0 Å². The van der Waals surface area contributed by atoms with Gasteiger partial charge in [-0.1, -0.05) is 17.7 Å². The van der Waals surface area contributed by atoms with Crippen molar-refractivity contribution in [2.45, 2.75) is 30.1 Å². The van der Waals surface area contributed by atoms with Crippen molar-refractivity contribution < 1.29 is 12.8 Å². The van der Waals surface area contributed by atoms with Gasteiger partial charge < -0.3 is 0 Å². The number of sulfone groups is 1. The first-order chi connectivity index (χ1) is 8.00. The quantitative estimate of drug-likeness (QED) is 0.788. The molecule has 5 heteroatoms. The second-order valence-corrected chi connectivity index (χ2v) is 7.26. The topological polar surface area (TPSA) is 34.1 Å². The second kappa shape index (κ2) is 3.69. The lowest BCUT2D eigenvalue weighted by Crippen LogP contribution is -2.22. The van der Waals surface area contributed by atoms with Gasteiger partial charge in [0, 0.05) is 0 Å². The molecule has 1 aromatic rings. The van der Waals surface area contributed by atoms with Gasteiger partial charge in [-0.15, -0.1) is 0 Å². The Hall–Kier alpha value is -0.610. The summed E-state index contributed by atoms with van der Waals surface area (Å²) in [5.74, 6) is 0.243. The Morgan fingerprint density at radius 3 is 2.59 bits per heavy atom. The van der Waals surface area contributed by atoms with Crippen LogP contribution in [0.3, 0.4) is 0 Å². The molecule has 1 unspecified atom stereocenters. The van der Waals surface area contributed by atoms with Gasteiger partial charge in [0.25, 0.3) is 0 Å². The van der Waals surface area contributed by atoms with Gasteiger partial charge in [0.15, 0.2) is 9.84 Å². The fourth-order valence-electron chi connectivity index (χ4n) is 2.68. The molecule has 1 heterocycles. The number of halogens is 2. The van der Waals surface area contributed by atoms with E-state index >= 15 is 0 Å². The first kappa shape index (κ1) is 11.5. The average Bonchev–Trinajstić information content (AvgIpc) is 3.06. The Bertz CT molecular complexity index is 578. The van der Waals surface area contributed by atoms with Crippen molar-refractivity contribution in [1.82, 2.24) is 0 Å². The predicted molar refractivity (Wildman–Crippen MR) is 63.5 cm³/mol. The highest BCUT2D eigenvalue weighted by Crippen LogP contribution is 2.50. The van der Waals surface area contributed by atoms with Gasteiger partial charge in [-0.05, 0) is 42.7 Å². The molecule has 0 N–H and O–H groups in total. The highest BCUT2D eigenvalue weighted by molar-refractivity contribution is 7.91. The summed E-state index contributed by atoms with van der Waals surface area (Å²) in [6.45, 7) is 0. The summed E-state index contributed by atoms with van der Waals surface area (Å²) in [7, 11) is -3.41. The first-order valence-corrected chi connectivity index (χ1v) is 7.74. The van der Waals surface area contributed by atoms with Crippen LogP contribution in [0.15, 0.2) is 17.0 Å². The van der Waals surface area contributed by atoms with E-state index in [9.17, 15) is 12.8 Å². The number of hydrogen-bond acceptors (Lipinski definition) is 2. The van der Waals surface area contributed by atoms with Gasteiger partial charge in [0.1, 0.15) is 5.82 Å². The van der Waals surface area contributed by atoms with Crippen molar-refractivity contribution in [3.63, 3.8) is 0 Å². The number of fused-ring (bicyclic) bond motifs is 1. The van der Waals surface area contributed by atoms with E-state index in [-0.39, 0.29) is 21.6 Å². The lowest BCUT2D eigenvalue weighted by atomic mass is 9.91. The SMILES string of the molecule is O=S1(=O)CCC(C2CC2)c2ccc(F)c(Cl)c21. The largest absolute Gasteiger partial charge is 0.224 e. The van der Waals surface area contributed by atoms with E-state index < -0.39 is 15.7 Å². The van der Waals surface area contributed by atoms with Crippen LogP contribution >= 0.6 is 11.6 Å². The smallest absolute Gasteiger partial charge is 0.180 e. The van der Waals surface area contributed by atoms with Crippen molar-refractivity contribution in [2.75, 3.05) is 5.75 Å². The summed E-state index contributed by atoms with van der Waals surface area (Å²) >= 11 is 5.83. The van der Waals surface area contributed by atoms with Gasteiger partial charge in [0.05, 0.1) is 15.7 Å².